The summed E-state index contributed by atoms with van der Waals surface area (Å²) in [6.07, 6.45) is 8.58. The highest BCUT2D eigenvalue weighted by molar-refractivity contribution is 5.96. The Morgan fingerprint density at radius 2 is 1.50 bits per heavy atom. The van der Waals surface area contributed by atoms with Gasteiger partial charge in [-0.15, -0.1) is 0 Å². The third-order valence-electron chi connectivity index (χ3n) is 6.28. The van der Waals surface area contributed by atoms with Crippen LogP contribution in [0, 0.1) is 11.8 Å². The van der Waals surface area contributed by atoms with E-state index in [1.54, 1.807) is 24.3 Å². The average Bonchev–Trinajstić information content (AvgIpc) is 3.02. The van der Waals surface area contributed by atoms with E-state index < -0.39 is 0 Å². The van der Waals surface area contributed by atoms with Gasteiger partial charge < -0.3 is 15.5 Å². The van der Waals surface area contributed by atoms with E-state index in [9.17, 15) is 14.4 Å². The Bertz CT molecular complexity index is 729. The molecule has 6 nitrogen and oxygen atoms in total. The molecule has 1 saturated heterocycles. The molecule has 1 saturated carbocycles. The zero-order valence-corrected chi connectivity index (χ0v) is 18.3. The number of benzene rings is 1. The summed E-state index contributed by atoms with van der Waals surface area (Å²) in [5, 5.41) is 6.09. The minimum atomic E-state index is -0.0904. The SMILES string of the molecule is CC(C)C(=O)Nc1ccc(C(=O)N2CCC(C(=O)NC3CCCCCC3)CC2)cc1. The molecule has 0 bridgehead atoms. The van der Waals surface area contributed by atoms with Crippen LogP contribution in [0.1, 0.15) is 75.6 Å². The maximum Gasteiger partial charge on any atom is 0.253 e. The molecule has 6 heteroatoms. The first-order valence-electron chi connectivity index (χ1n) is 11.4. The highest BCUT2D eigenvalue weighted by Crippen LogP contribution is 2.22. The summed E-state index contributed by atoms with van der Waals surface area (Å²) < 4.78 is 0. The second-order valence-corrected chi connectivity index (χ2v) is 8.98. The summed E-state index contributed by atoms with van der Waals surface area (Å²) >= 11 is 0. The van der Waals surface area contributed by atoms with Crippen LogP contribution in [-0.2, 0) is 9.59 Å². The standard InChI is InChI=1S/C24H35N3O3/c1-17(2)22(28)25-21-11-9-19(10-12-21)24(30)27-15-13-18(14-16-27)23(29)26-20-7-5-3-4-6-8-20/h9-12,17-18,20H,3-8,13-16H2,1-2H3,(H,25,28)(H,26,29). The minimum absolute atomic E-state index is 0.00549. The lowest BCUT2D eigenvalue weighted by Gasteiger charge is -2.32. The molecule has 3 amide bonds. The van der Waals surface area contributed by atoms with E-state index in [1.807, 2.05) is 18.7 Å². The highest BCUT2D eigenvalue weighted by atomic mass is 16.2. The van der Waals surface area contributed by atoms with Crippen molar-refractivity contribution in [2.45, 2.75) is 71.3 Å². The maximum atomic E-state index is 12.8. The predicted molar refractivity (Wildman–Crippen MR) is 118 cm³/mol. The fourth-order valence-electron chi connectivity index (χ4n) is 4.25. The molecule has 3 rings (SSSR count). The second kappa shape index (κ2) is 10.6. The molecule has 0 unspecified atom stereocenters. The first-order chi connectivity index (χ1) is 14.4. The number of hydrogen-bond acceptors (Lipinski definition) is 3. The first-order valence-corrected chi connectivity index (χ1v) is 11.4. The predicted octanol–water partition coefficient (Wildman–Crippen LogP) is 3.97. The number of carbonyl (C=O) groups is 3. The molecule has 1 aromatic rings. The lowest BCUT2D eigenvalue weighted by atomic mass is 9.94. The number of carbonyl (C=O) groups excluding carboxylic acids is 3. The van der Waals surface area contributed by atoms with Crippen LogP contribution in [0.25, 0.3) is 0 Å². The average molecular weight is 414 g/mol. The summed E-state index contributed by atoms with van der Waals surface area (Å²) in [4.78, 5) is 39.1. The first kappa shape index (κ1) is 22.3. The van der Waals surface area contributed by atoms with Crippen LogP contribution < -0.4 is 10.6 Å². The Kier molecular flexibility index (Phi) is 7.88. The Morgan fingerprint density at radius 1 is 0.900 bits per heavy atom. The van der Waals surface area contributed by atoms with E-state index >= 15 is 0 Å². The quantitative estimate of drug-likeness (QED) is 0.717. The zero-order chi connectivity index (χ0) is 21.5. The van der Waals surface area contributed by atoms with E-state index in [4.69, 9.17) is 0 Å². The van der Waals surface area contributed by atoms with E-state index in [-0.39, 0.29) is 29.6 Å². The Hall–Kier alpha value is -2.37. The van der Waals surface area contributed by atoms with Crippen LogP contribution in [0.3, 0.4) is 0 Å². The zero-order valence-electron chi connectivity index (χ0n) is 18.3. The van der Waals surface area contributed by atoms with E-state index in [0.29, 0.717) is 43.2 Å². The number of nitrogens with zero attached hydrogens (tertiary/aromatic N) is 1. The van der Waals surface area contributed by atoms with Crippen molar-refractivity contribution in [3.63, 3.8) is 0 Å². The van der Waals surface area contributed by atoms with E-state index in [0.717, 1.165) is 12.8 Å². The maximum absolute atomic E-state index is 12.8. The Balaban J connectivity index is 1.47. The topological polar surface area (TPSA) is 78.5 Å². The molecule has 0 radical (unpaired) electrons. The molecule has 2 N–H and O–H groups in total. The Morgan fingerprint density at radius 3 is 2.07 bits per heavy atom. The number of rotatable bonds is 5. The summed E-state index contributed by atoms with van der Waals surface area (Å²) in [6.45, 7) is 4.89. The van der Waals surface area contributed by atoms with Crippen LogP contribution in [0.15, 0.2) is 24.3 Å². The van der Waals surface area contributed by atoms with Crippen molar-refractivity contribution >= 4 is 23.4 Å². The monoisotopic (exact) mass is 413 g/mol. The van der Waals surface area contributed by atoms with Gasteiger partial charge in [0.25, 0.3) is 5.91 Å². The molecule has 2 aliphatic rings. The number of anilines is 1. The molecule has 1 heterocycles. The molecule has 0 atom stereocenters. The van der Waals surface area contributed by atoms with Gasteiger partial charge in [-0.3, -0.25) is 14.4 Å². The van der Waals surface area contributed by atoms with Crippen LogP contribution in [0.2, 0.25) is 0 Å². The van der Waals surface area contributed by atoms with Crippen LogP contribution in [0.5, 0.6) is 0 Å². The number of amides is 3. The molecule has 2 fully saturated rings. The van der Waals surface area contributed by atoms with Crippen molar-refractivity contribution in [2.24, 2.45) is 11.8 Å². The molecule has 0 aromatic heterocycles. The molecule has 30 heavy (non-hydrogen) atoms. The fraction of sp³-hybridized carbons (Fsp3) is 0.625. The lowest BCUT2D eigenvalue weighted by Crippen LogP contribution is -2.45. The molecular weight excluding hydrogens is 378 g/mol. The van der Waals surface area contributed by atoms with Crippen LogP contribution in [-0.4, -0.2) is 41.8 Å². The van der Waals surface area contributed by atoms with Gasteiger partial charge in [-0.05, 0) is 49.9 Å². The molecule has 0 spiro atoms. The number of nitrogens with one attached hydrogen (secondary N) is 2. The fourth-order valence-corrected chi connectivity index (χ4v) is 4.25. The second-order valence-electron chi connectivity index (χ2n) is 8.98. The van der Waals surface area contributed by atoms with Crippen molar-refractivity contribution < 1.29 is 14.4 Å². The molecule has 1 aromatic carbocycles. The van der Waals surface area contributed by atoms with Crippen molar-refractivity contribution in [1.29, 1.82) is 0 Å². The van der Waals surface area contributed by atoms with Gasteiger partial charge in [0.1, 0.15) is 0 Å². The molecule has 164 valence electrons. The summed E-state index contributed by atoms with van der Waals surface area (Å²) in [6, 6.07) is 7.36. The smallest absolute Gasteiger partial charge is 0.253 e. The van der Waals surface area contributed by atoms with Crippen LogP contribution >= 0.6 is 0 Å². The lowest BCUT2D eigenvalue weighted by molar-refractivity contribution is -0.127. The highest BCUT2D eigenvalue weighted by Gasteiger charge is 2.29. The summed E-state index contributed by atoms with van der Waals surface area (Å²) in [5.74, 6) is 0.0233. The van der Waals surface area contributed by atoms with Crippen molar-refractivity contribution in [1.82, 2.24) is 10.2 Å². The van der Waals surface area contributed by atoms with Crippen LogP contribution in [0.4, 0.5) is 5.69 Å². The molecule has 1 aliphatic heterocycles. The van der Waals surface area contributed by atoms with Gasteiger partial charge in [-0.2, -0.15) is 0 Å². The van der Waals surface area contributed by atoms with Gasteiger partial charge in [0, 0.05) is 42.2 Å². The van der Waals surface area contributed by atoms with Crippen molar-refractivity contribution in [2.75, 3.05) is 18.4 Å². The van der Waals surface area contributed by atoms with Crippen molar-refractivity contribution in [3.8, 4) is 0 Å². The minimum Gasteiger partial charge on any atom is -0.353 e. The van der Waals surface area contributed by atoms with Gasteiger partial charge in [0.15, 0.2) is 0 Å². The molecular formula is C24H35N3O3. The largest absolute Gasteiger partial charge is 0.353 e. The molecule has 1 aliphatic carbocycles. The van der Waals surface area contributed by atoms with Gasteiger partial charge >= 0.3 is 0 Å². The van der Waals surface area contributed by atoms with Gasteiger partial charge in [-0.1, -0.05) is 39.5 Å². The van der Waals surface area contributed by atoms with Gasteiger partial charge in [0.05, 0.1) is 0 Å². The number of piperidine rings is 1. The third-order valence-corrected chi connectivity index (χ3v) is 6.28. The van der Waals surface area contributed by atoms with Gasteiger partial charge in [-0.25, -0.2) is 0 Å². The third kappa shape index (κ3) is 6.07. The van der Waals surface area contributed by atoms with Crippen molar-refractivity contribution in [3.05, 3.63) is 29.8 Å². The van der Waals surface area contributed by atoms with E-state index in [1.165, 1.54) is 25.7 Å². The number of likely N-dealkylation sites (tertiary alicyclic amines) is 1. The summed E-state index contributed by atoms with van der Waals surface area (Å²) in [7, 11) is 0. The normalized spacial score (nSPS) is 18.7. The number of hydrogen-bond donors (Lipinski definition) is 2. The van der Waals surface area contributed by atoms with E-state index in [2.05, 4.69) is 10.6 Å². The summed E-state index contributed by atoms with van der Waals surface area (Å²) in [5.41, 5.74) is 1.30. The van der Waals surface area contributed by atoms with Gasteiger partial charge in [0.2, 0.25) is 11.8 Å². The Labute approximate surface area is 179 Å².